The van der Waals surface area contributed by atoms with Crippen molar-refractivity contribution in [3.63, 3.8) is 0 Å². The first kappa shape index (κ1) is 8.45. The summed E-state index contributed by atoms with van der Waals surface area (Å²) in [5, 5.41) is 26.2. The van der Waals surface area contributed by atoms with E-state index in [4.69, 9.17) is 15.3 Å². The number of carbonyl (C=O) groups is 1. The first-order valence-electron chi connectivity index (χ1n) is 3.32. The zero-order chi connectivity index (χ0) is 8.43. The van der Waals surface area contributed by atoms with Crippen LogP contribution in [-0.2, 0) is 9.53 Å². The standard InChI is InChI=1S/C6H10O5/c7-2-4(9)5-1-3(8)6(10)11-5/h3-5,7-9H,1-2H2/t3?,4?,5-/m0/s1. The predicted octanol–water partition coefficient (Wildman–Crippen LogP) is -1.98. The molecule has 0 saturated carbocycles. The lowest BCUT2D eigenvalue weighted by molar-refractivity contribution is -0.151. The molecule has 1 aliphatic rings. The minimum absolute atomic E-state index is 0.0561. The molecule has 0 aliphatic carbocycles. The Morgan fingerprint density at radius 3 is 2.73 bits per heavy atom. The number of ether oxygens (including phenoxy) is 1. The summed E-state index contributed by atoms with van der Waals surface area (Å²) in [6.45, 7) is -0.468. The zero-order valence-electron chi connectivity index (χ0n) is 5.80. The van der Waals surface area contributed by atoms with Gasteiger partial charge in [0.1, 0.15) is 12.2 Å². The molecule has 3 atom stereocenters. The minimum Gasteiger partial charge on any atom is -0.457 e. The molecule has 1 aliphatic heterocycles. The van der Waals surface area contributed by atoms with Crippen LogP contribution in [0.25, 0.3) is 0 Å². The molecule has 0 radical (unpaired) electrons. The molecule has 0 aromatic carbocycles. The van der Waals surface area contributed by atoms with Crippen molar-refractivity contribution in [1.82, 2.24) is 0 Å². The molecular weight excluding hydrogens is 152 g/mol. The van der Waals surface area contributed by atoms with Gasteiger partial charge in [-0.15, -0.1) is 0 Å². The van der Waals surface area contributed by atoms with Crippen LogP contribution in [0.2, 0.25) is 0 Å². The molecule has 5 nitrogen and oxygen atoms in total. The van der Waals surface area contributed by atoms with Crippen molar-refractivity contribution in [3.8, 4) is 0 Å². The van der Waals surface area contributed by atoms with Gasteiger partial charge in [-0.1, -0.05) is 0 Å². The van der Waals surface area contributed by atoms with Gasteiger partial charge in [0.15, 0.2) is 6.10 Å². The van der Waals surface area contributed by atoms with Crippen molar-refractivity contribution >= 4 is 5.97 Å². The molecule has 0 amide bonds. The topological polar surface area (TPSA) is 87.0 Å². The summed E-state index contributed by atoms with van der Waals surface area (Å²) in [6, 6.07) is 0. The second kappa shape index (κ2) is 3.17. The van der Waals surface area contributed by atoms with Crippen LogP contribution >= 0.6 is 0 Å². The molecule has 11 heavy (non-hydrogen) atoms. The maximum Gasteiger partial charge on any atom is 0.335 e. The Hall–Kier alpha value is -0.650. The first-order valence-corrected chi connectivity index (χ1v) is 3.32. The van der Waals surface area contributed by atoms with E-state index in [-0.39, 0.29) is 6.42 Å². The molecule has 0 bridgehead atoms. The molecule has 2 unspecified atom stereocenters. The highest BCUT2D eigenvalue weighted by molar-refractivity contribution is 5.76. The second-order valence-corrected chi connectivity index (χ2v) is 2.48. The van der Waals surface area contributed by atoms with Crippen molar-refractivity contribution in [1.29, 1.82) is 0 Å². The molecule has 0 spiro atoms. The molecule has 5 heteroatoms. The highest BCUT2D eigenvalue weighted by atomic mass is 16.6. The monoisotopic (exact) mass is 162 g/mol. The van der Waals surface area contributed by atoms with Gasteiger partial charge >= 0.3 is 5.97 Å². The zero-order valence-corrected chi connectivity index (χ0v) is 5.80. The van der Waals surface area contributed by atoms with E-state index in [2.05, 4.69) is 4.74 Å². The van der Waals surface area contributed by atoms with Gasteiger partial charge in [-0.05, 0) is 0 Å². The molecule has 1 rings (SSSR count). The number of hydrogen-bond acceptors (Lipinski definition) is 5. The highest BCUT2D eigenvalue weighted by Crippen LogP contribution is 2.17. The Balaban J connectivity index is 2.46. The minimum atomic E-state index is -1.15. The van der Waals surface area contributed by atoms with E-state index < -0.39 is 30.9 Å². The normalized spacial score (nSPS) is 33.5. The summed E-state index contributed by atoms with van der Waals surface area (Å²) < 4.78 is 4.53. The Morgan fingerprint density at radius 2 is 2.36 bits per heavy atom. The van der Waals surface area contributed by atoms with Gasteiger partial charge in [0, 0.05) is 6.42 Å². The van der Waals surface area contributed by atoms with Crippen molar-refractivity contribution in [2.45, 2.75) is 24.7 Å². The number of hydrogen-bond donors (Lipinski definition) is 3. The lowest BCUT2D eigenvalue weighted by Gasteiger charge is -2.12. The highest BCUT2D eigenvalue weighted by Gasteiger charge is 2.36. The summed E-state index contributed by atoms with van der Waals surface area (Å²) in [4.78, 5) is 10.5. The van der Waals surface area contributed by atoms with Crippen molar-refractivity contribution in [3.05, 3.63) is 0 Å². The summed E-state index contributed by atoms with van der Waals surface area (Å²) in [7, 11) is 0. The third kappa shape index (κ3) is 1.68. The summed E-state index contributed by atoms with van der Waals surface area (Å²) in [6.07, 6.45) is -2.94. The van der Waals surface area contributed by atoms with Gasteiger partial charge in [0.25, 0.3) is 0 Å². The maximum atomic E-state index is 10.5. The van der Waals surface area contributed by atoms with E-state index in [9.17, 15) is 4.79 Å². The Morgan fingerprint density at radius 1 is 1.73 bits per heavy atom. The number of rotatable bonds is 2. The molecule has 3 N–H and O–H groups in total. The van der Waals surface area contributed by atoms with Crippen LogP contribution in [0.1, 0.15) is 6.42 Å². The predicted molar refractivity (Wildman–Crippen MR) is 33.6 cm³/mol. The van der Waals surface area contributed by atoms with Crippen LogP contribution < -0.4 is 0 Å². The van der Waals surface area contributed by atoms with Crippen molar-refractivity contribution < 1.29 is 24.9 Å². The smallest absolute Gasteiger partial charge is 0.335 e. The quantitative estimate of drug-likeness (QED) is 0.409. The third-order valence-corrected chi connectivity index (χ3v) is 1.61. The van der Waals surface area contributed by atoms with Gasteiger partial charge < -0.3 is 20.1 Å². The first-order chi connectivity index (χ1) is 5.15. The fourth-order valence-electron chi connectivity index (χ4n) is 0.945. The van der Waals surface area contributed by atoms with Crippen LogP contribution in [0, 0.1) is 0 Å². The van der Waals surface area contributed by atoms with E-state index in [1.54, 1.807) is 0 Å². The molecule has 1 fully saturated rings. The Bertz CT molecular complexity index is 157. The summed E-state index contributed by atoms with van der Waals surface area (Å²) in [5.41, 5.74) is 0. The molecule has 0 aromatic heterocycles. The van der Waals surface area contributed by atoms with Gasteiger partial charge in [0.05, 0.1) is 6.61 Å². The van der Waals surface area contributed by atoms with E-state index in [1.807, 2.05) is 0 Å². The fourth-order valence-corrected chi connectivity index (χ4v) is 0.945. The molecule has 1 saturated heterocycles. The largest absolute Gasteiger partial charge is 0.457 e. The van der Waals surface area contributed by atoms with Gasteiger partial charge in [-0.2, -0.15) is 0 Å². The summed E-state index contributed by atoms with van der Waals surface area (Å²) in [5.74, 6) is -0.734. The van der Waals surface area contributed by atoms with Crippen LogP contribution in [0.5, 0.6) is 0 Å². The number of esters is 1. The summed E-state index contributed by atoms with van der Waals surface area (Å²) >= 11 is 0. The molecule has 64 valence electrons. The van der Waals surface area contributed by atoms with Crippen LogP contribution in [0.4, 0.5) is 0 Å². The fraction of sp³-hybridized carbons (Fsp3) is 0.833. The average Bonchev–Trinajstić information content (AvgIpc) is 2.31. The third-order valence-electron chi connectivity index (χ3n) is 1.61. The Labute approximate surface area is 63.2 Å². The SMILES string of the molecule is O=C1O[C@H](C(O)CO)CC1O. The molecular formula is C6H10O5. The Kier molecular flexibility index (Phi) is 2.43. The van der Waals surface area contributed by atoms with Crippen LogP contribution in [-0.4, -0.2) is 46.2 Å². The number of aliphatic hydroxyl groups is 3. The lowest BCUT2D eigenvalue weighted by Crippen LogP contribution is -2.29. The van der Waals surface area contributed by atoms with Gasteiger partial charge in [-0.3, -0.25) is 0 Å². The van der Waals surface area contributed by atoms with Crippen molar-refractivity contribution in [2.75, 3.05) is 6.61 Å². The number of aliphatic hydroxyl groups excluding tert-OH is 3. The maximum absolute atomic E-state index is 10.5. The van der Waals surface area contributed by atoms with Gasteiger partial charge in [-0.25, -0.2) is 4.79 Å². The van der Waals surface area contributed by atoms with Crippen LogP contribution in [0.15, 0.2) is 0 Å². The van der Waals surface area contributed by atoms with E-state index in [0.717, 1.165) is 0 Å². The van der Waals surface area contributed by atoms with Crippen LogP contribution in [0.3, 0.4) is 0 Å². The lowest BCUT2D eigenvalue weighted by atomic mass is 10.1. The number of carbonyl (C=O) groups excluding carboxylic acids is 1. The van der Waals surface area contributed by atoms with Crippen molar-refractivity contribution in [2.24, 2.45) is 0 Å². The number of cyclic esters (lactones) is 1. The average molecular weight is 162 g/mol. The van der Waals surface area contributed by atoms with E-state index in [1.165, 1.54) is 0 Å². The van der Waals surface area contributed by atoms with E-state index in [0.29, 0.717) is 0 Å². The molecule has 1 heterocycles. The van der Waals surface area contributed by atoms with E-state index >= 15 is 0 Å². The second-order valence-electron chi connectivity index (χ2n) is 2.48. The van der Waals surface area contributed by atoms with Gasteiger partial charge in [0.2, 0.25) is 0 Å². The molecule has 0 aromatic rings.